The van der Waals surface area contributed by atoms with E-state index < -0.39 is 22.2 Å². The van der Waals surface area contributed by atoms with Gasteiger partial charge in [0.25, 0.3) is 0 Å². The Balaban J connectivity index is 1.55. The van der Waals surface area contributed by atoms with Gasteiger partial charge in [-0.3, -0.25) is 0 Å². The van der Waals surface area contributed by atoms with Gasteiger partial charge in [0.2, 0.25) is 10.0 Å². The van der Waals surface area contributed by atoms with Gasteiger partial charge in [0, 0.05) is 19.6 Å². The number of ether oxygens (including phenoxy) is 2. The molecule has 1 aromatic carbocycles. The highest BCUT2D eigenvalue weighted by molar-refractivity contribution is 7.89. The molecule has 2 fully saturated rings. The van der Waals surface area contributed by atoms with Crippen molar-refractivity contribution in [3.8, 4) is 5.75 Å². The average molecular weight is 353 g/mol. The first-order valence-electron chi connectivity index (χ1n) is 7.94. The van der Waals surface area contributed by atoms with Crippen LogP contribution in [0.15, 0.2) is 29.2 Å². The van der Waals surface area contributed by atoms with Crippen molar-refractivity contribution >= 4 is 16.1 Å². The Morgan fingerprint density at radius 3 is 2.67 bits per heavy atom. The monoisotopic (exact) mass is 353 g/mol. The molecule has 0 radical (unpaired) electrons. The maximum Gasteiger partial charge on any atom is 0.320 e. The molecule has 9 heteroatoms. The number of urea groups is 1. The third kappa shape index (κ3) is 2.72. The number of amides is 2. The Morgan fingerprint density at radius 2 is 1.88 bits per heavy atom. The predicted molar refractivity (Wildman–Crippen MR) is 84.3 cm³/mol. The maximum atomic E-state index is 12.6. The van der Waals surface area contributed by atoms with E-state index in [1.807, 2.05) is 0 Å². The standard InChI is InChI=1S/C15H19N3O5S/c19-15(17-5-7-22-8-6-17)18-9-11-13(10-18)23-12-3-1-2-4-14(12)24(20,21)16-11/h1-4,11,13,16H,5-10H2/t11-,13+/m1/s1. The largest absolute Gasteiger partial charge is 0.485 e. The van der Waals surface area contributed by atoms with Gasteiger partial charge in [-0.2, -0.15) is 0 Å². The molecule has 3 aliphatic rings. The number of carbonyl (C=O) groups excluding carboxylic acids is 1. The number of sulfonamides is 1. The van der Waals surface area contributed by atoms with Crippen LogP contribution in [0, 0.1) is 0 Å². The third-order valence-electron chi connectivity index (χ3n) is 4.54. The van der Waals surface area contributed by atoms with Crippen LogP contribution in [-0.2, 0) is 14.8 Å². The number of likely N-dealkylation sites (tertiary alicyclic amines) is 1. The van der Waals surface area contributed by atoms with Crippen molar-refractivity contribution in [1.29, 1.82) is 0 Å². The summed E-state index contributed by atoms with van der Waals surface area (Å²) in [5, 5.41) is 0. The Bertz CT molecular complexity index is 747. The smallest absolute Gasteiger partial charge is 0.320 e. The highest BCUT2D eigenvalue weighted by atomic mass is 32.2. The molecule has 3 aliphatic heterocycles. The van der Waals surface area contributed by atoms with Gasteiger partial charge in [-0.25, -0.2) is 17.9 Å². The Morgan fingerprint density at radius 1 is 1.12 bits per heavy atom. The van der Waals surface area contributed by atoms with Gasteiger partial charge in [-0.1, -0.05) is 12.1 Å². The highest BCUT2D eigenvalue weighted by Crippen LogP contribution is 2.30. The van der Waals surface area contributed by atoms with Gasteiger partial charge in [-0.15, -0.1) is 0 Å². The minimum atomic E-state index is -3.65. The van der Waals surface area contributed by atoms with Crippen LogP contribution in [0.5, 0.6) is 5.75 Å². The van der Waals surface area contributed by atoms with Crippen LogP contribution in [0.3, 0.4) is 0 Å². The maximum absolute atomic E-state index is 12.6. The van der Waals surface area contributed by atoms with E-state index in [0.29, 0.717) is 45.1 Å². The summed E-state index contributed by atoms with van der Waals surface area (Å²) in [6, 6.07) is 6.02. The summed E-state index contributed by atoms with van der Waals surface area (Å²) in [5.74, 6) is 0.332. The molecule has 3 heterocycles. The first-order valence-corrected chi connectivity index (χ1v) is 9.42. The molecule has 0 aromatic heterocycles. The topological polar surface area (TPSA) is 88.2 Å². The van der Waals surface area contributed by atoms with Crippen molar-refractivity contribution in [3.05, 3.63) is 24.3 Å². The van der Waals surface area contributed by atoms with Crippen LogP contribution in [0.1, 0.15) is 0 Å². The van der Waals surface area contributed by atoms with E-state index in [-0.39, 0.29) is 10.9 Å². The summed E-state index contributed by atoms with van der Waals surface area (Å²) in [6.45, 7) is 2.83. The van der Waals surface area contributed by atoms with E-state index >= 15 is 0 Å². The molecular formula is C15H19N3O5S. The van der Waals surface area contributed by atoms with Crippen LogP contribution in [0.4, 0.5) is 4.79 Å². The molecule has 0 aliphatic carbocycles. The summed E-state index contributed by atoms with van der Waals surface area (Å²) in [5.41, 5.74) is 0. The van der Waals surface area contributed by atoms with Crippen LogP contribution < -0.4 is 9.46 Å². The summed E-state index contributed by atoms with van der Waals surface area (Å²) >= 11 is 0. The van der Waals surface area contributed by atoms with E-state index in [2.05, 4.69) is 4.72 Å². The summed E-state index contributed by atoms with van der Waals surface area (Å²) in [4.78, 5) is 16.1. The zero-order valence-electron chi connectivity index (χ0n) is 13.1. The SMILES string of the molecule is O=C(N1CCOCC1)N1C[C@@H]2Oc3ccccc3S(=O)(=O)N[C@@H]2C1. The minimum Gasteiger partial charge on any atom is -0.485 e. The number of hydrogen-bond acceptors (Lipinski definition) is 5. The molecule has 130 valence electrons. The number of fused-ring (bicyclic) bond motifs is 2. The molecule has 0 saturated carbocycles. The number of morpholine rings is 1. The van der Waals surface area contributed by atoms with Gasteiger partial charge in [0.05, 0.1) is 25.8 Å². The first-order chi connectivity index (χ1) is 11.5. The normalized spacial score (nSPS) is 28.5. The second-order valence-corrected chi connectivity index (χ2v) is 7.80. The van der Waals surface area contributed by atoms with Crippen molar-refractivity contribution in [2.24, 2.45) is 0 Å². The first kappa shape index (κ1) is 15.7. The lowest BCUT2D eigenvalue weighted by molar-refractivity contribution is 0.0443. The van der Waals surface area contributed by atoms with E-state index in [4.69, 9.17) is 9.47 Å². The number of nitrogens with zero attached hydrogens (tertiary/aromatic N) is 2. The molecule has 1 aromatic rings. The van der Waals surface area contributed by atoms with Crippen LogP contribution in [-0.4, -0.2) is 75.8 Å². The number of nitrogens with one attached hydrogen (secondary N) is 1. The molecule has 24 heavy (non-hydrogen) atoms. The molecule has 8 nitrogen and oxygen atoms in total. The number of carbonyl (C=O) groups is 1. The molecular weight excluding hydrogens is 334 g/mol. The minimum absolute atomic E-state index is 0.0949. The van der Waals surface area contributed by atoms with Gasteiger partial charge in [0.15, 0.2) is 0 Å². The van der Waals surface area contributed by atoms with Crippen molar-refractivity contribution in [2.75, 3.05) is 39.4 Å². The van der Waals surface area contributed by atoms with Crippen LogP contribution in [0.2, 0.25) is 0 Å². The molecule has 2 saturated heterocycles. The quantitative estimate of drug-likeness (QED) is 0.702. The van der Waals surface area contributed by atoms with Gasteiger partial charge >= 0.3 is 6.03 Å². The fourth-order valence-electron chi connectivity index (χ4n) is 3.31. The Kier molecular flexibility index (Phi) is 3.86. The van der Waals surface area contributed by atoms with Crippen molar-refractivity contribution < 1.29 is 22.7 Å². The second-order valence-electron chi connectivity index (χ2n) is 6.12. The Hall–Kier alpha value is -1.84. The van der Waals surface area contributed by atoms with E-state index in [0.717, 1.165) is 0 Å². The number of rotatable bonds is 0. The van der Waals surface area contributed by atoms with Crippen LogP contribution >= 0.6 is 0 Å². The summed E-state index contributed by atoms with van der Waals surface area (Å²) in [7, 11) is -3.65. The molecule has 0 spiro atoms. The average Bonchev–Trinajstić information content (AvgIpc) is 2.92. The molecule has 1 N–H and O–H groups in total. The van der Waals surface area contributed by atoms with Gasteiger partial charge < -0.3 is 19.3 Å². The van der Waals surface area contributed by atoms with Crippen molar-refractivity contribution in [1.82, 2.24) is 14.5 Å². The van der Waals surface area contributed by atoms with E-state index in [1.54, 1.807) is 28.0 Å². The van der Waals surface area contributed by atoms with E-state index in [9.17, 15) is 13.2 Å². The van der Waals surface area contributed by atoms with E-state index in [1.165, 1.54) is 6.07 Å². The fourth-order valence-corrected chi connectivity index (χ4v) is 4.70. The predicted octanol–water partition coefficient (Wildman–Crippen LogP) is -0.138. The zero-order valence-corrected chi connectivity index (χ0v) is 13.9. The lowest BCUT2D eigenvalue weighted by atomic mass is 10.2. The molecule has 2 amide bonds. The third-order valence-corrected chi connectivity index (χ3v) is 6.07. The van der Waals surface area contributed by atoms with Crippen molar-refractivity contribution in [3.63, 3.8) is 0 Å². The zero-order chi connectivity index (χ0) is 16.7. The molecule has 0 bridgehead atoms. The summed E-state index contributed by atoms with van der Waals surface area (Å²) in [6.07, 6.45) is -0.395. The molecule has 0 unspecified atom stereocenters. The number of para-hydroxylation sites is 1. The van der Waals surface area contributed by atoms with Gasteiger partial charge in [-0.05, 0) is 12.1 Å². The summed E-state index contributed by atoms with van der Waals surface area (Å²) < 4.78 is 38.8. The second kappa shape index (κ2) is 5.91. The Labute approximate surface area is 140 Å². The van der Waals surface area contributed by atoms with Gasteiger partial charge in [0.1, 0.15) is 16.7 Å². The lowest BCUT2D eigenvalue weighted by Crippen LogP contribution is -2.48. The molecule has 2 atom stereocenters. The van der Waals surface area contributed by atoms with Crippen molar-refractivity contribution in [2.45, 2.75) is 17.0 Å². The molecule has 4 rings (SSSR count). The number of hydrogen-bond donors (Lipinski definition) is 1. The lowest BCUT2D eigenvalue weighted by Gasteiger charge is -2.31. The fraction of sp³-hybridized carbons (Fsp3) is 0.533. The highest BCUT2D eigenvalue weighted by Gasteiger charge is 2.43. The van der Waals surface area contributed by atoms with Crippen LogP contribution in [0.25, 0.3) is 0 Å². The number of benzene rings is 1.